The summed E-state index contributed by atoms with van der Waals surface area (Å²) in [6.45, 7) is 1.75. The molecule has 0 atom stereocenters. The largest absolute Gasteiger partial charge is 0.494 e. The molecule has 3 aromatic rings. The maximum absolute atomic E-state index is 13.0. The predicted octanol–water partition coefficient (Wildman–Crippen LogP) is 2.30. The van der Waals surface area contributed by atoms with Gasteiger partial charge in [-0.2, -0.15) is 0 Å². The van der Waals surface area contributed by atoms with Gasteiger partial charge in [0.15, 0.2) is 5.69 Å². The van der Waals surface area contributed by atoms with Crippen LogP contribution in [0.25, 0.3) is 5.69 Å². The Kier molecular flexibility index (Phi) is 5.50. The summed E-state index contributed by atoms with van der Waals surface area (Å²) in [4.78, 5) is 44.2. The average Bonchev–Trinajstić information content (AvgIpc) is 2.97. The number of hydrogen-bond acceptors (Lipinski definition) is 5. The lowest BCUT2D eigenvalue weighted by molar-refractivity contribution is 0.298. The average molecular weight is 423 g/mol. The second-order valence-electron chi connectivity index (χ2n) is 7.83. The lowest BCUT2D eigenvalue weighted by Crippen LogP contribution is -2.35. The summed E-state index contributed by atoms with van der Waals surface area (Å²) in [7, 11) is 1.75. The molecule has 0 radical (unpaired) electrons. The summed E-state index contributed by atoms with van der Waals surface area (Å²) in [5.41, 5.74) is -0.421. The van der Waals surface area contributed by atoms with Gasteiger partial charge < -0.3 is 5.11 Å². The SMILES string of the molecule is Cc1c(N=Cc2c(O)n(C3CCCCC3)c(=O)[nH]c2=O)c(=O)n(-c2ccccc2)n1C. The van der Waals surface area contributed by atoms with Crippen LogP contribution in [-0.4, -0.2) is 30.2 Å². The summed E-state index contributed by atoms with van der Waals surface area (Å²) in [6, 6.07) is 8.98. The highest BCUT2D eigenvalue weighted by Crippen LogP contribution is 2.30. The van der Waals surface area contributed by atoms with Crippen LogP contribution in [0.15, 0.2) is 49.7 Å². The van der Waals surface area contributed by atoms with E-state index in [2.05, 4.69) is 9.98 Å². The molecule has 1 saturated carbocycles. The molecule has 4 rings (SSSR count). The molecule has 1 aromatic carbocycles. The first-order valence-electron chi connectivity index (χ1n) is 10.4. The lowest BCUT2D eigenvalue weighted by atomic mass is 9.95. The molecule has 0 amide bonds. The van der Waals surface area contributed by atoms with E-state index in [-0.39, 0.29) is 22.9 Å². The van der Waals surface area contributed by atoms with Crippen molar-refractivity contribution in [3.63, 3.8) is 0 Å². The molecule has 0 saturated heterocycles. The van der Waals surface area contributed by atoms with Gasteiger partial charge in [0, 0.05) is 19.3 Å². The maximum atomic E-state index is 13.0. The third-order valence-corrected chi connectivity index (χ3v) is 5.94. The molecule has 31 heavy (non-hydrogen) atoms. The summed E-state index contributed by atoms with van der Waals surface area (Å²) in [6.07, 6.45) is 5.69. The first-order valence-corrected chi connectivity index (χ1v) is 10.4. The van der Waals surface area contributed by atoms with E-state index in [1.807, 2.05) is 30.3 Å². The van der Waals surface area contributed by atoms with Gasteiger partial charge in [-0.1, -0.05) is 37.5 Å². The molecule has 0 bridgehead atoms. The van der Waals surface area contributed by atoms with Gasteiger partial charge in [0.1, 0.15) is 5.56 Å². The Morgan fingerprint density at radius 3 is 2.45 bits per heavy atom. The number of para-hydroxylation sites is 1. The molecule has 1 aliphatic rings. The van der Waals surface area contributed by atoms with Crippen molar-refractivity contribution in [2.75, 3.05) is 0 Å². The second kappa shape index (κ2) is 8.25. The number of hydrogen-bond donors (Lipinski definition) is 2. The third kappa shape index (κ3) is 3.67. The fourth-order valence-electron chi connectivity index (χ4n) is 4.18. The van der Waals surface area contributed by atoms with Gasteiger partial charge in [-0.25, -0.2) is 14.5 Å². The minimum Gasteiger partial charge on any atom is -0.494 e. The quantitative estimate of drug-likeness (QED) is 0.627. The molecule has 0 spiro atoms. The number of aromatic nitrogens is 4. The van der Waals surface area contributed by atoms with E-state index in [1.54, 1.807) is 18.7 Å². The molecule has 1 fully saturated rings. The number of rotatable bonds is 4. The van der Waals surface area contributed by atoms with Crippen molar-refractivity contribution >= 4 is 11.9 Å². The van der Waals surface area contributed by atoms with E-state index in [1.165, 1.54) is 9.25 Å². The van der Waals surface area contributed by atoms with Crippen molar-refractivity contribution in [2.24, 2.45) is 12.0 Å². The van der Waals surface area contributed by atoms with Gasteiger partial charge in [-0.15, -0.1) is 0 Å². The van der Waals surface area contributed by atoms with Crippen LogP contribution in [0.3, 0.4) is 0 Å². The molecule has 1 aliphatic carbocycles. The van der Waals surface area contributed by atoms with Gasteiger partial charge in [0.2, 0.25) is 5.88 Å². The number of benzene rings is 1. The molecular formula is C22H25N5O4. The van der Waals surface area contributed by atoms with Crippen LogP contribution in [0, 0.1) is 6.92 Å². The molecule has 0 aliphatic heterocycles. The molecular weight excluding hydrogens is 398 g/mol. The van der Waals surface area contributed by atoms with Crippen molar-refractivity contribution in [3.05, 3.63) is 72.8 Å². The first kappa shape index (κ1) is 20.6. The molecule has 162 valence electrons. The van der Waals surface area contributed by atoms with Crippen molar-refractivity contribution < 1.29 is 5.11 Å². The van der Waals surface area contributed by atoms with Crippen LogP contribution in [-0.2, 0) is 7.05 Å². The minimum absolute atomic E-state index is 0.140. The second-order valence-corrected chi connectivity index (χ2v) is 7.83. The fourth-order valence-corrected chi connectivity index (χ4v) is 4.18. The Bertz CT molecular complexity index is 1300. The van der Waals surface area contributed by atoms with E-state index in [4.69, 9.17) is 0 Å². The fraction of sp³-hybridized carbons (Fsp3) is 0.364. The van der Waals surface area contributed by atoms with Gasteiger partial charge >= 0.3 is 5.69 Å². The highest BCUT2D eigenvalue weighted by Gasteiger charge is 2.23. The van der Waals surface area contributed by atoms with Crippen molar-refractivity contribution in [1.82, 2.24) is 18.9 Å². The third-order valence-electron chi connectivity index (χ3n) is 5.94. The molecule has 2 heterocycles. The number of nitrogens with one attached hydrogen (secondary N) is 1. The lowest BCUT2D eigenvalue weighted by Gasteiger charge is -2.24. The van der Waals surface area contributed by atoms with Crippen molar-refractivity contribution in [1.29, 1.82) is 0 Å². The highest BCUT2D eigenvalue weighted by atomic mass is 16.3. The zero-order chi connectivity index (χ0) is 22.1. The summed E-state index contributed by atoms with van der Waals surface area (Å²) >= 11 is 0. The number of aromatic amines is 1. The zero-order valence-corrected chi connectivity index (χ0v) is 17.5. The van der Waals surface area contributed by atoms with Crippen LogP contribution in [0.4, 0.5) is 5.69 Å². The van der Waals surface area contributed by atoms with E-state index in [0.29, 0.717) is 11.4 Å². The van der Waals surface area contributed by atoms with E-state index < -0.39 is 17.1 Å². The van der Waals surface area contributed by atoms with Crippen LogP contribution >= 0.6 is 0 Å². The first-order chi connectivity index (χ1) is 14.9. The van der Waals surface area contributed by atoms with Gasteiger partial charge in [-0.3, -0.25) is 23.8 Å². The standard InChI is InChI=1S/C22H25N5O4/c1-14-18(21(30)27(25(14)2)16-11-7-4-8-12-16)23-13-17-19(28)24-22(31)26(20(17)29)15-9-5-3-6-10-15/h4,7-8,11-13,15,29H,3,5-6,9-10H2,1-2H3,(H,24,28,31). The highest BCUT2D eigenvalue weighted by molar-refractivity contribution is 5.84. The number of H-pyrrole nitrogens is 1. The number of aromatic hydroxyl groups is 1. The van der Waals surface area contributed by atoms with E-state index in [0.717, 1.165) is 38.3 Å². The van der Waals surface area contributed by atoms with E-state index >= 15 is 0 Å². The van der Waals surface area contributed by atoms with Gasteiger partial charge in [-0.05, 0) is 31.9 Å². The molecule has 0 unspecified atom stereocenters. The molecule has 9 heteroatoms. The summed E-state index contributed by atoms with van der Waals surface area (Å²) < 4.78 is 4.40. The smallest absolute Gasteiger partial charge is 0.331 e. The number of aliphatic imine (C=N–C) groups is 1. The van der Waals surface area contributed by atoms with Crippen LogP contribution in [0.5, 0.6) is 5.88 Å². The summed E-state index contributed by atoms with van der Waals surface area (Å²) in [5, 5.41) is 10.7. The molecule has 2 N–H and O–H groups in total. The van der Waals surface area contributed by atoms with Crippen molar-refractivity contribution in [2.45, 2.75) is 45.1 Å². The van der Waals surface area contributed by atoms with Crippen LogP contribution in [0.2, 0.25) is 0 Å². The Morgan fingerprint density at radius 2 is 1.77 bits per heavy atom. The monoisotopic (exact) mass is 423 g/mol. The Balaban J connectivity index is 1.79. The Morgan fingerprint density at radius 1 is 1.10 bits per heavy atom. The predicted molar refractivity (Wildman–Crippen MR) is 118 cm³/mol. The molecule has 9 nitrogen and oxygen atoms in total. The van der Waals surface area contributed by atoms with Gasteiger partial charge in [0.25, 0.3) is 11.1 Å². The van der Waals surface area contributed by atoms with Gasteiger partial charge in [0.05, 0.1) is 11.4 Å². The normalized spacial score (nSPS) is 15.0. The minimum atomic E-state index is -0.740. The maximum Gasteiger partial charge on any atom is 0.331 e. The topological polar surface area (TPSA) is 114 Å². The number of nitrogens with zero attached hydrogens (tertiary/aromatic N) is 4. The summed E-state index contributed by atoms with van der Waals surface area (Å²) in [5.74, 6) is -0.415. The Hall–Kier alpha value is -3.62. The van der Waals surface area contributed by atoms with Crippen LogP contribution in [0.1, 0.15) is 49.4 Å². The van der Waals surface area contributed by atoms with Crippen molar-refractivity contribution in [3.8, 4) is 11.6 Å². The van der Waals surface area contributed by atoms with Crippen LogP contribution < -0.4 is 16.8 Å². The molecule has 2 aromatic heterocycles. The van der Waals surface area contributed by atoms with E-state index in [9.17, 15) is 19.5 Å². The Labute approximate surface area is 177 Å². The zero-order valence-electron chi connectivity index (χ0n) is 17.5.